The van der Waals surface area contributed by atoms with E-state index < -0.39 is 5.91 Å². The Balaban J connectivity index is 1.59. The van der Waals surface area contributed by atoms with Gasteiger partial charge in [-0.05, 0) is 72.2 Å². The summed E-state index contributed by atoms with van der Waals surface area (Å²) in [5.74, 6) is 0.170. The summed E-state index contributed by atoms with van der Waals surface area (Å²) in [5.41, 5.74) is 4.28. The van der Waals surface area contributed by atoms with Crippen molar-refractivity contribution in [3.8, 4) is 17.0 Å². The van der Waals surface area contributed by atoms with Crippen LogP contribution in [0.1, 0.15) is 41.3 Å². The van der Waals surface area contributed by atoms with Gasteiger partial charge >= 0.3 is 0 Å². The first-order chi connectivity index (χ1) is 14.1. The highest BCUT2D eigenvalue weighted by atomic mass is 35.5. The van der Waals surface area contributed by atoms with Crippen molar-refractivity contribution in [3.63, 3.8) is 0 Å². The molecule has 0 bridgehead atoms. The quantitative estimate of drug-likeness (QED) is 0.570. The third kappa shape index (κ3) is 4.09. The largest absolute Gasteiger partial charge is 0.491 e. The van der Waals surface area contributed by atoms with E-state index in [0.717, 1.165) is 18.4 Å². The van der Waals surface area contributed by atoms with Gasteiger partial charge in [0.05, 0.1) is 16.7 Å². The second-order valence-corrected chi connectivity index (χ2v) is 7.62. The van der Waals surface area contributed by atoms with Crippen LogP contribution in [0.5, 0.6) is 5.75 Å². The van der Waals surface area contributed by atoms with Crippen LogP contribution in [0.2, 0.25) is 10.0 Å². The molecule has 150 valence electrons. The minimum absolute atomic E-state index is 0.242. The van der Waals surface area contributed by atoms with Crippen molar-refractivity contribution < 1.29 is 14.2 Å². The Kier molecular flexibility index (Phi) is 5.74. The summed E-state index contributed by atoms with van der Waals surface area (Å²) in [7, 11) is 0. The number of nitrogens with one attached hydrogen (secondary N) is 1. The summed E-state index contributed by atoms with van der Waals surface area (Å²) in [4.78, 5) is 12.7. The lowest BCUT2D eigenvalue weighted by Gasteiger charge is -2.16. The third-order valence-electron chi connectivity index (χ3n) is 4.89. The van der Waals surface area contributed by atoms with Crippen molar-refractivity contribution in [1.82, 2.24) is 10.3 Å². The van der Waals surface area contributed by atoms with E-state index >= 15 is 0 Å². The molecule has 1 aliphatic carbocycles. The predicted molar refractivity (Wildman–Crippen MR) is 112 cm³/mol. The van der Waals surface area contributed by atoms with Crippen molar-refractivity contribution in [3.05, 3.63) is 57.1 Å². The van der Waals surface area contributed by atoms with Gasteiger partial charge in [0.25, 0.3) is 5.91 Å². The molecule has 0 saturated carbocycles. The first-order valence-corrected chi connectivity index (χ1v) is 10.2. The molecule has 0 saturated heterocycles. The van der Waals surface area contributed by atoms with Gasteiger partial charge in [-0.15, -0.1) is 0 Å². The van der Waals surface area contributed by atoms with E-state index in [1.54, 1.807) is 0 Å². The molecule has 0 fully saturated rings. The summed E-state index contributed by atoms with van der Waals surface area (Å²) in [6.45, 7) is 2.24. The van der Waals surface area contributed by atoms with Gasteiger partial charge < -0.3 is 10.1 Å². The highest BCUT2D eigenvalue weighted by molar-refractivity contribution is 6.37. The van der Waals surface area contributed by atoms with Crippen molar-refractivity contribution in [1.29, 1.82) is 0 Å². The predicted octanol–water partition coefficient (Wildman–Crippen LogP) is 5.57. The maximum absolute atomic E-state index is 12.7. The fourth-order valence-corrected chi connectivity index (χ4v) is 4.09. The first kappa shape index (κ1) is 19.7. The molecular weight excluding hydrogens is 413 g/mol. The molecule has 1 aromatic heterocycles. The van der Waals surface area contributed by atoms with Crippen LogP contribution in [0.4, 0.5) is 5.82 Å². The smallest absolute Gasteiger partial charge is 0.257 e. The number of anilines is 1. The highest BCUT2D eigenvalue weighted by Crippen LogP contribution is 2.35. The number of benzene rings is 2. The number of fused-ring (bicyclic) bond motifs is 1. The number of carbonyl (C=O) groups excluding carboxylic acids is 1. The molecule has 0 unspecified atom stereocenters. The number of aromatic nitrogens is 2. The molecule has 1 N–H and O–H groups in total. The molecule has 1 aliphatic rings. The van der Waals surface area contributed by atoms with Gasteiger partial charge in [0.2, 0.25) is 5.82 Å². The lowest BCUT2D eigenvalue weighted by Crippen LogP contribution is -2.13. The average molecular weight is 432 g/mol. The lowest BCUT2D eigenvalue weighted by atomic mass is 9.90. The van der Waals surface area contributed by atoms with Crippen molar-refractivity contribution in [2.24, 2.45) is 0 Å². The molecule has 0 radical (unpaired) electrons. The number of rotatable bonds is 5. The zero-order chi connectivity index (χ0) is 20.4. The zero-order valence-electron chi connectivity index (χ0n) is 15.8. The van der Waals surface area contributed by atoms with E-state index in [9.17, 15) is 4.79 Å². The lowest BCUT2D eigenvalue weighted by molar-refractivity contribution is 0.102. The standard InChI is InChI=1S/C21H19Cl2N3O3/c1-2-28-19-16(22)10-15(11-17(19)23)21(27)24-20-18(25-29-26-20)14-8-7-12-5-3-4-6-13(12)9-14/h7-11H,2-6H2,1H3,(H,24,26,27). The van der Waals surface area contributed by atoms with Gasteiger partial charge in [-0.1, -0.05) is 35.3 Å². The Morgan fingerprint density at radius 1 is 1.10 bits per heavy atom. The summed E-state index contributed by atoms with van der Waals surface area (Å²) in [6.07, 6.45) is 4.53. The Labute approximate surface area is 178 Å². The third-order valence-corrected chi connectivity index (χ3v) is 5.45. The second kappa shape index (κ2) is 8.43. The molecular formula is C21H19Cl2N3O3. The summed E-state index contributed by atoms with van der Waals surface area (Å²) >= 11 is 12.4. The molecule has 1 amide bonds. The van der Waals surface area contributed by atoms with Gasteiger partial charge in [0, 0.05) is 11.1 Å². The van der Waals surface area contributed by atoms with E-state index in [0.29, 0.717) is 18.1 Å². The van der Waals surface area contributed by atoms with E-state index in [1.165, 1.54) is 36.1 Å². The molecule has 0 spiro atoms. The van der Waals surface area contributed by atoms with Crippen LogP contribution in [0.15, 0.2) is 35.0 Å². The molecule has 0 aliphatic heterocycles. The average Bonchev–Trinajstić information content (AvgIpc) is 3.18. The normalized spacial score (nSPS) is 13.1. The Morgan fingerprint density at radius 3 is 2.55 bits per heavy atom. The van der Waals surface area contributed by atoms with Crippen LogP contribution in [-0.2, 0) is 12.8 Å². The van der Waals surface area contributed by atoms with Crippen molar-refractivity contribution in [2.45, 2.75) is 32.6 Å². The summed E-state index contributed by atoms with van der Waals surface area (Å²) in [6, 6.07) is 9.17. The monoisotopic (exact) mass is 431 g/mol. The number of hydrogen-bond acceptors (Lipinski definition) is 5. The van der Waals surface area contributed by atoms with Crippen LogP contribution < -0.4 is 10.1 Å². The maximum Gasteiger partial charge on any atom is 0.257 e. The molecule has 6 nitrogen and oxygen atoms in total. The van der Waals surface area contributed by atoms with Gasteiger partial charge in [-0.3, -0.25) is 4.79 Å². The van der Waals surface area contributed by atoms with Gasteiger partial charge in [-0.25, -0.2) is 4.63 Å². The van der Waals surface area contributed by atoms with Crippen LogP contribution in [-0.4, -0.2) is 22.8 Å². The van der Waals surface area contributed by atoms with Crippen molar-refractivity contribution >= 4 is 34.9 Å². The number of halogens is 2. The van der Waals surface area contributed by atoms with Crippen LogP contribution in [0.3, 0.4) is 0 Å². The number of ether oxygens (including phenoxy) is 1. The SMILES string of the molecule is CCOc1c(Cl)cc(C(=O)Nc2nonc2-c2ccc3c(c2)CCCC3)cc1Cl. The number of aryl methyl sites for hydroxylation is 2. The number of hydrogen-bond donors (Lipinski definition) is 1. The zero-order valence-corrected chi connectivity index (χ0v) is 17.3. The van der Waals surface area contributed by atoms with E-state index in [2.05, 4.69) is 27.8 Å². The number of carbonyl (C=O) groups is 1. The summed E-state index contributed by atoms with van der Waals surface area (Å²) < 4.78 is 10.3. The molecule has 1 heterocycles. The Bertz CT molecular complexity index is 1040. The van der Waals surface area contributed by atoms with Crippen LogP contribution >= 0.6 is 23.2 Å². The Morgan fingerprint density at radius 2 is 1.83 bits per heavy atom. The van der Waals surface area contributed by atoms with Gasteiger partial charge in [0.15, 0.2) is 11.4 Å². The minimum Gasteiger partial charge on any atom is -0.491 e. The van der Waals surface area contributed by atoms with Crippen LogP contribution in [0, 0.1) is 0 Å². The molecule has 0 atom stereocenters. The topological polar surface area (TPSA) is 77.2 Å². The molecule has 4 rings (SSSR count). The molecule has 2 aromatic carbocycles. The van der Waals surface area contributed by atoms with E-state index in [-0.39, 0.29) is 21.4 Å². The van der Waals surface area contributed by atoms with Crippen molar-refractivity contribution in [2.75, 3.05) is 11.9 Å². The highest BCUT2D eigenvalue weighted by Gasteiger charge is 2.20. The van der Waals surface area contributed by atoms with Gasteiger partial charge in [0.1, 0.15) is 0 Å². The molecule has 8 heteroatoms. The molecule has 3 aromatic rings. The fraction of sp³-hybridized carbons (Fsp3) is 0.286. The van der Waals surface area contributed by atoms with Gasteiger partial charge in [-0.2, -0.15) is 0 Å². The Hall–Kier alpha value is -2.57. The molecule has 29 heavy (non-hydrogen) atoms. The van der Waals surface area contributed by atoms with E-state index in [1.807, 2.05) is 13.0 Å². The summed E-state index contributed by atoms with van der Waals surface area (Å²) in [5, 5.41) is 11.1. The number of amides is 1. The number of nitrogens with zero attached hydrogens (tertiary/aromatic N) is 2. The first-order valence-electron chi connectivity index (χ1n) is 9.44. The minimum atomic E-state index is -0.424. The second-order valence-electron chi connectivity index (χ2n) is 6.81. The maximum atomic E-state index is 12.7. The van der Waals surface area contributed by atoms with E-state index in [4.69, 9.17) is 32.6 Å². The fourth-order valence-electron chi connectivity index (χ4n) is 3.49. The van der Waals surface area contributed by atoms with Crippen LogP contribution in [0.25, 0.3) is 11.3 Å².